The van der Waals surface area contributed by atoms with Gasteiger partial charge in [0, 0.05) is 29.7 Å². The number of H-pyrrole nitrogens is 1. The summed E-state index contributed by atoms with van der Waals surface area (Å²) in [6.45, 7) is 0.495. The predicted molar refractivity (Wildman–Crippen MR) is 115 cm³/mol. The van der Waals surface area contributed by atoms with Gasteiger partial charge in [0.1, 0.15) is 5.82 Å². The third-order valence-corrected chi connectivity index (χ3v) is 5.34. The first-order chi connectivity index (χ1) is 14.1. The van der Waals surface area contributed by atoms with E-state index in [4.69, 9.17) is 0 Å². The summed E-state index contributed by atoms with van der Waals surface area (Å²) in [5.74, 6) is 0.151. The summed E-state index contributed by atoms with van der Waals surface area (Å²) in [7, 11) is 0. The largest absolute Gasteiger partial charge is 0.361 e. The molecule has 0 atom stereocenters. The second-order valence-electron chi connectivity index (χ2n) is 6.91. The fourth-order valence-corrected chi connectivity index (χ4v) is 3.73. The van der Waals surface area contributed by atoms with Crippen LogP contribution < -0.4 is 5.32 Å². The molecule has 0 bridgehead atoms. The molecule has 5 nitrogen and oxygen atoms in total. The second kappa shape index (κ2) is 8.61. The van der Waals surface area contributed by atoms with Crippen molar-refractivity contribution in [2.75, 3.05) is 5.32 Å². The molecule has 0 saturated heterocycles. The van der Waals surface area contributed by atoms with E-state index in [-0.39, 0.29) is 11.7 Å². The number of para-hydroxylation sites is 1. The normalized spacial score (nSPS) is 11.1. The standard InChI is InChI=1S/C22H20BrFN4O/c23-19-14-28(13-15-8-10-17(24)11-9-15)27-22(19)26-21(29)7-3-4-16-12-25-20-6-2-1-5-18(16)20/h1-2,5-6,8-12,14,25H,3-4,7,13H2,(H,26,27,29). The highest BCUT2D eigenvalue weighted by molar-refractivity contribution is 9.10. The van der Waals surface area contributed by atoms with Crippen LogP contribution in [0.5, 0.6) is 0 Å². The van der Waals surface area contributed by atoms with E-state index in [1.165, 1.54) is 23.1 Å². The Kier molecular flexibility index (Phi) is 5.76. The van der Waals surface area contributed by atoms with E-state index in [0.717, 1.165) is 23.9 Å². The molecule has 0 unspecified atom stereocenters. The molecule has 2 aromatic carbocycles. The van der Waals surface area contributed by atoms with Crippen molar-refractivity contribution in [2.24, 2.45) is 0 Å². The first-order valence-corrected chi connectivity index (χ1v) is 10.2. The van der Waals surface area contributed by atoms with Gasteiger partial charge in [-0.2, -0.15) is 5.10 Å². The summed E-state index contributed by atoms with van der Waals surface area (Å²) < 4.78 is 15.4. The summed E-state index contributed by atoms with van der Waals surface area (Å²) in [4.78, 5) is 15.6. The smallest absolute Gasteiger partial charge is 0.225 e. The Morgan fingerprint density at radius 3 is 2.79 bits per heavy atom. The summed E-state index contributed by atoms with van der Waals surface area (Å²) in [5, 5.41) is 8.47. The van der Waals surface area contributed by atoms with E-state index in [1.807, 2.05) is 24.4 Å². The molecule has 0 spiro atoms. The molecule has 29 heavy (non-hydrogen) atoms. The van der Waals surface area contributed by atoms with E-state index in [2.05, 4.69) is 37.4 Å². The maximum atomic E-state index is 13.0. The van der Waals surface area contributed by atoms with Crippen molar-refractivity contribution >= 4 is 38.6 Å². The van der Waals surface area contributed by atoms with E-state index >= 15 is 0 Å². The highest BCUT2D eigenvalue weighted by Gasteiger charge is 2.11. The molecule has 0 fully saturated rings. The summed E-state index contributed by atoms with van der Waals surface area (Å²) >= 11 is 3.44. The SMILES string of the molecule is O=C(CCCc1c[nH]c2ccccc12)Nc1nn(Cc2ccc(F)cc2)cc1Br. The Balaban J connectivity index is 1.31. The monoisotopic (exact) mass is 454 g/mol. The van der Waals surface area contributed by atoms with Gasteiger partial charge in [0.15, 0.2) is 5.82 Å². The van der Waals surface area contributed by atoms with Crippen LogP contribution in [0.25, 0.3) is 10.9 Å². The third-order valence-electron chi connectivity index (χ3n) is 4.76. The van der Waals surface area contributed by atoms with Gasteiger partial charge in [0.25, 0.3) is 0 Å². The Morgan fingerprint density at radius 2 is 1.97 bits per heavy atom. The number of anilines is 1. The van der Waals surface area contributed by atoms with Crippen LogP contribution in [0.3, 0.4) is 0 Å². The molecule has 0 radical (unpaired) electrons. The van der Waals surface area contributed by atoms with Crippen molar-refractivity contribution in [2.45, 2.75) is 25.8 Å². The van der Waals surface area contributed by atoms with E-state index in [1.54, 1.807) is 23.0 Å². The Hall–Kier alpha value is -2.93. The molecule has 1 amide bonds. The quantitative estimate of drug-likeness (QED) is 0.399. The van der Waals surface area contributed by atoms with Crippen LogP contribution in [0.15, 0.2) is 65.4 Å². The van der Waals surface area contributed by atoms with Crippen molar-refractivity contribution in [1.82, 2.24) is 14.8 Å². The van der Waals surface area contributed by atoms with E-state index < -0.39 is 0 Å². The Labute approximate surface area is 176 Å². The van der Waals surface area contributed by atoms with Crippen molar-refractivity contribution in [3.05, 3.63) is 82.3 Å². The number of fused-ring (bicyclic) bond motifs is 1. The molecule has 4 rings (SSSR count). The fourth-order valence-electron chi connectivity index (χ4n) is 3.31. The number of rotatable bonds is 7. The number of amides is 1. The summed E-state index contributed by atoms with van der Waals surface area (Å²) in [6.07, 6.45) is 5.80. The predicted octanol–water partition coefficient (Wildman–Crippen LogP) is 5.28. The van der Waals surface area contributed by atoms with Crippen molar-refractivity contribution in [3.63, 3.8) is 0 Å². The lowest BCUT2D eigenvalue weighted by atomic mass is 10.1. The number of nitrogens with zero attached hydrogens (tertiary/aromatic N) is 2. The van der Waals surface area contributed by atoms with Gasteiger partial charge in [-0.3, -0.25) is 9.48 Å². The number of benzene rings is 2. The number of aromatic nitrogens is 3. The number of nitrogens with one attached hydrogen (secondary N) is 2. The lowest BCUT2D eigenvalue weighted by Crippen LogP contribution is -2.13. The number of hydrogen-bond donors (Lipinski definition) is 2. The number of aryl methyl sites for hydroxylation is 1. The fraction of sp³-hybridized carbons (Fsp3) is 0.182. The molecule has 148 valence electrons. The van der Waals surface area contributed by atoms with Crippen LogP contribution in [0, 0.1) is 5.82 Å². The lowest BCUT2D eigenvalue weighted by molar-refractivity contribution is -0.116. The van der Waals surface area contributed by atoms with Crippen molar-refractivity contribution < 1.29 is 9.18 Å². The first kappa shape index (κ1) is 19.4. The van der Waals surface area contributed by atoms with E-state index in [9.17, 15) is 9.18 Å². The second-order valence-corrected chi connectivity index (χ2v) is 7.77. The average molecular weight is 455 g/mol. The van der Waals surface area contributed by atoms with Crippen LogP contribution in [0.1, 0.15) is 24.0 Å². The van der Waals surface area contributed by atoms with Crippen molar-refractivity contribution in [3.8, 4) is 0 Å². The molecule has 0 aliphatic heterocycles. The van der Waals surface area contributed by atoms with Crippen LogP contribution >= 0.6 is 15.9 Å². The minimum atomic E-state index is -0.268. The molecular formula is C22H20BrFN4O. The summed E-state index contributed by atoms with van der Waals surface area (Å²) in [5.41, 5.74) is 3.26. The molecule has 2 N–H and O–H groups in total. The van der Waals surface area contributed by atoms with Gasteiger partial charge in [0.05, 0.1) is 11.0 Å². The number of carbonyl (C=O) groups excluding carboxylic acids is 1. The molecule has 0 saturated carbocycles. The minimum Gasteiger partial charge on any atom is -0.361 e. The molecular weight excluding hydrogens is 435 g/mol. The van der Waals surface area contributed by atoms with Gasteiger partial charge < -0.3 is 10.3 Å². The summed E-state index contributed by atoms with van der Waals surface area (Å²) in [6, 6.07) is 14.4. The Morgan fingerprint density at radius 1 is 1.17 bits per heavy atom. The Bertz CT molecular complexity index is 1130. The van der Waals surface area contributed by atoms with Gasteiger partial charge in [0.2, 0.25) is 5.91 Å². The van der Waals surface area contributed by atoms with Crippen LogP contribution in [0.2, 0.25) is 0 Å². The molecule has 0 aliphatic carbocycles. The molecule has 7 heteroatoms. The zero-order valence-electron chi connectivity index (χ0n) is 15.7. The van der Waals surface area contributed by atoms with E-state index in [0.29, 0.717) is 23.3 Å². The highest BCUT2D eigenvalue weighted by Crippen LogP contribution is 2.22. The lowest BCUT2D eigenvalue weighted by Gasteiger charge is -2.04. The van der Waals surface area contributed by atoms with Crippen LogP contribution in [-0.4, -0.2) is 20.7 Å². The van der Waals surface area contributed by atoms with Gasteiger partial charge in [-0.1, -0.05) is 30.3 Å². The molecule has 4 aromatic rings. The minimum absolute atomic E-state index is 0.0717. The zero-order chi connectivity index (χ0) is 20.2. The highest BCUT2D eigenvalue weighted by atomic mass is 79.9. The molecule has 2 heterocycles. The van der Waals surface area contributed by atoms with Gasteiger partial charge >= 0.3 is 0 Å². The van der Waals surface area contributed by atoms with Crippen molar-refractivity contribution in [1.29, 1.82) is 0 Å². The van der Waals surface area contributed by atoms with Gasteiger partial charge in [-0.15, -0.1) is 0 Å². The number of halogens is 2. The molecule has 2 aromatic heterocycles. The zero-order valence-corrected chi connectivity index (χ0v) is 17.2. The van der Waals surface area contributed by atoms with Crippen LogP contribution in [0.4, 0.5) is 10.2 Å². The third kappa shape index (κ3) is 4.74. The number of aromatic amines is 1. The first-order valence-electron chi connectivity index (χ1n) is 9.41. The van der Waals surface area contributed by atoms with Crippen LogP contribution in [-0.2, 0) is 17.8 Å². The van der Waals surface area contributed by atoms with Gasteiger partial charge in [-0.05, 0) is 58.1 Å². The maximum absolute atomic E-state index is 13.0. The molecule has 0 aliphatic rings. The number of carbonyl (C=O) groups is 1. The van der Waals surface area contributed by atoms with Gasteiger partial charge in [-0.25, -0.2) is 4.39 Å². The topological polar surface area (TPSA) is 62.7 Å². The maximum Gasteiger partial charge on any atom is 0.225 e. The number of hydrogen-bond acceptors (Lipinski definition) is 2. The average Bonchev–Trinajstić information content (AvgIpc) is 3.27.